The first-order valence-electron chi connectivity index (χ1n) is 7.25. The van der Waals surface area contributed by atoms with E-state index in [1.807, 2.05) is 13.8 Å². The Labute approximate surface area is 134 Å². The first-order valence-corrected chi connectivity index (χ1v) is 8.86. The van der Waals surface area contributed by atoms with Gasteiger partial charge in [0.05, 0.1) is 22.9 Å². The highest BCUT2D eigenvalue weighted by molar-refractivity contribution is 7.89. The molecular formula is C13H20N4O5S. The first kappa shape index (κ1) is 17.6. The van der Waals surface area contributed by atoms with Crippen LogP contribution in [-0.4, -0.2) is 60.2 Å². The number of nitrogens with one attached hydrogen (secondary N) is 1. The van der Waals surface area contributed by atoms with Crippen LogP contribution in [0.1, 0.15) is 13.8 Å². The summed E-state index contributed by atoms with van der Waals surface area (Å²) in [5.41, 5.74) is -0.112. The molecule has 2 rings (SSSR count). The van der Waals surface area contributed by atoms with E-state index >= 15 is 0 Å². The normalized spacial score (nSPS) is 22.7. The average Bonchev–Trinajstić information content (AvgIpc) is 2.46. The number of rotatable bonds is 6. The van der Waals surface area contributed by atoms with Crippen molar-refractivity contribution in [3.8, 4) is 0 Å². The number of morpholine rings is 1. The molecule has 1 aliphatic heterocycles. The van der Waals surface area contributed by atoms with Gasteiger partial charge in [0.15, 0.2) is 0 Å². The molecule has 1 aromatic rings. The Bertz CT molecular complexity index is 639. The van der Waals surface area contributed by atoms with Crippen LogP contribution in [0.25, 0.3) is 0 Å². The summed E-state index contributed by atoms with van der Waals surface area (Å²) in [4.78, 5) is 13.9. The molecule has 10 heteroatoms. The van der Waals surface area contributed by atoms with E-state index < -0.39 is 14.9 Å². The summed E-state index contributed by atoms with van der Waals surface area (Å²) in [5.74, 6) is 0.319. The smallest absolute Gasteiger partial charge is 0.287 e. The van der Waals surface area contributed by atoms with Gasteiger partial charge in [-0.25, -0.2) is 13.4 Å². The lowest BCUT2D eigenvalue weighted by Gasteiger charge is -2.34. The SMILES string of the molecule is C[C@H]1CN(S(=O)(=O)CCNc2ccc([N+](=O)[O-])cn2)C[C@H](C)O1. The van der Waals surface area contributed by atoms with E-state index in [2.05, 4.69) is 10.3 Å². The van der Waals surface area contributed by atoms with E-state index in [0.29, 0.717) is 18.9 Å². The van der Waals surface area contributed by atoms with Crippen molar-refractivity contribution in [1.82, 2.24) is 9.29 Å². The van der Waals surface area contributed by atoms with Gasteiger partial charge in [0.1, 0.15) is 12.0 Å². The number of anilines is 1. The van der Waals surface area contributed by atoms with Crippen LogP contribution in [0.2, 0.25) is 0 Å². The maximum atomic E-state index is 12.3. The maximum Gasteiger partial charge on any atom is 0.287 e. The molecule has 0 aliphatic carbocycles. The van der Waals surface area contributed by atoms with Gasteiger partial charge in [-0.1, -0.05) is 0 Å². The molecule has 2 heterocycles. The average molecular weight is 344 g/mol. The standard InChI is InChI=1S/C13H20N4O5S/c1-10-8-16(9-11(2)22-10)23(20,21)6-5-14-13-4-3-12(7-15-13)17(18)19/h3-4,7,10-11H,5-6,8-9H2,1-2H3,(H,14,15)/t10-,11-/m0/s1. The number of sulfonamides is 1. The molecule has 1 fully saturated rings. The van der Waals surface area contributed by atoms with Crippen LogP contribution in [-0.2, 0) is 14.8 Å². The van der Waals surface area contributed by atoms with Gasteiger partial charge in [0.2, 0.25) is 10.0 Å². The van der Waals surface area contributed by atoms with E-state index in [0.717, 1.165) is 6.20 Å². The number of aromatic nitrogens is 1. The molecule has 1 aromatic heterocycles. The molecule has 0 unspecified atom stereocenters. The minimum Gasteiger partial charge on any atom is -0.373 e. The van der Waals surface area contributed by atoms with E-state index in [1.54, 1.807) is 0 Å². The van der Waals surface area contributed by atoms with Crippen molar-refractivity contribution in [2.45, 2.75) is 26.1 Å². The van der Waals surface area contributed by atoms with Crippen LogP contribution in [0.4, 0.5) is 11.5 Å². The van der Waals surface area contributed by atoms with E-state index in [4.69, 9.17) is 4.74 Å². The van der Waals surface area contributed by atoms with Gasteiger partial charge in [-0.2, -0.15) is 4.31 Å². The van der Waals surface area contributed by atoms with Crippen LogP contribution in [0.15, 0.2) is 18.3 Å². The summed E-state index contributed by atoms with van der Waals surface area (Å²) in [5, 5.41) is 13.4. The van der Waals surface area contributed by atoms with Crippen LogP contribution in [0.3, 0.4) is 0 Å². The largest absolute Gasteiger partial charge is 0.373 e. The molecule has 23 heavy (non-hydrogen) atoms. The molecule has 1 saturated heterocycles. The third-order valence-electron chi connectivity index (χ3n) is 3.40. The Morgan fingerprint density at radius 3 is 2.57 bits per heavy atom. The number of hydrogen-bond donors (Lipinski definition) is 1. The van der Waals surface area contributed by atoms with Crippen LogP contribution in [0.5, 0.6) is 0 Å². The maximum absolute atomic E-state index is 12.3. The van der Waals surface area contributed by atoms with Gasteiger partial charge >= 0.3 is 0 Å². The second-order valence-electron chi connectivity index (χ2n) is 5.48. The number of ether oxygens (including phenoxy) is 1. The monoisotopic (exact) mass is 344 g/mol. The minimum absolute atomic E-state index is 0.0783. The third kappa shape index (κ3) is 4.85. The molecule has 0 saturated carbocycles. The number of nitro groups is 1. The van der Waals surface area contributed by atoms with E-state index in [-0.39, 0.29) is 30.2 Å². The van der Waals surface area contributed by atoms with Crippen LogP contribution >= 0.6 is 0 Å². The minimum atomic E-state index is -3.39. The quantitative estimate of drug-likeness (QED) is 0.600. The summed E-state index contributed by atoms with van der Waals surface area (Å²) in [6.07, 6.45) is 0.873. The Balaban J connectivity index is 1.88. The Hall–Kier alpha value is -1.78. The highest BCUT2D eigenvalue weighted by Crippen LogP contribution is 2.15. The van der Waals surface area contributed by atoms with Gasteiger partial charge in [-0.15, -0.1) is 0 Å². The molecule has 2 atom stereocenters. The molecule has 128 valence electrons. The number of nitrogens with zero attached hydrogens (tertiary/aromatic N) is 3. The summed E-state index contributed by atoms with van der Waals surface area (Å²) in [6.45, 7) is 4.56. The number of hydrogen-bond acceptors (Lipinski definition) is 7. The number of pyridine rings is 1. The Morgan fingerprint density at radius 2 is 2.04 bits per heavy atom. The zero-order valence-electron chi connectivity index (χ0n) is 13.0. The third-order valence-corrected chi connectivity index (χ3v) is 5.21. The summed E-state index contributed by atoms with van der Waals surface area (Å²) >= 11 is 0. The van der Waals surface area contributed by atoms with Crippen molar-refractivity contribution in [3.63, 3.8) is 0 Å². The Kier molecular flexibility index (Phi) is 5.50. The molecule has 0 bridgehead atoms. The lowest BCUT2D eigenvalue weighted by Crippen LogP contribution is -2.49. The van der Waals surface area contributed by atoms with Crippen molar-refractivity contribution < 1.29 is 18.1 Å². The Morgan fingerprint density at radius 1 is 1.39 bits per heavy atom. The van der Waals surface area contributed by atoms with Crippen molar-refractivity contribution in [2.24, 2.45) is 0 Å². The molecule has 1 N–H and O–H groups in total. The van der Waals surface area contributed by atoms with Gasteiger partial charge in [0.25, 0.3) is 5.69 Å². The summed E-state index contributed by atoms with van der Waals surface area (Å²) < 4.78 is 31.6. The van der Waals surface area contributed by atoms with Crippen molar-refractivity contribution in [3.05, 3.63) is 28.4 Å². The zero-order valence-corrected chi connectivity index (χ0v) is 13.8. The van der Waals surface area contributed by atoms with Crippen molar-refractivity contribution in [2.75, 3.05) is 30.7 Å². The van der Waals surface area contributed by atoms with Gasteiger partial charge in [-0.3, -0.25) is 10.1 Å². The van der Waals surface area contributed by atoms with Crippen molar-refractivity contribution >= 4 is 21.5 Å². The topological polar surface area (TPSA) is 115 Å². The van der Waals surface area contributed by atoms with Crippen LogP contribution < -0.4 is 5.32 Å². The van der Waals surface area contributed by atoms with E-state index in [1.165, 1.54) is 16.4 Å². The second-order valence-corrected chi connectivity index (χ2v) is 7.56. The zero-order chi connectivity index (χ0) is 17.0. The van der Waals surface area contributed by atoms with E-state index in [9.17, 15) is 18.5 Å². The molecule has 0 radical (unpaired) electrons. The first-order chi connectivity index (χ1) is 10.8. The molecule has 0 amide bonds. The summed E-state index contributed by atoms with van der Waals surface area (Å²) in [7, 11) is -3.39. The second kappa shape index (κ2) is 7.20. The predicted molar refractivity (Wildman–Crippen MR) is 84.7 cm³/mol. The summed E-state index contributed by atoms with van der Waals surface area (Å²) in [6, 6.07) is 2.76. The molecule has 1 aliphatic rings. The molecule has 0 aromatic carbocycles. The fourth-order valence-corrected chi connectivity index (χ4v) is 3.89. The molecule has 9 nitrogen and oxygen atoms in total. The molecule has 0 spiro atoms. The highest BCUT2D eigenvalue weighted by atomic mass is 32.2. The van der Waals surface area contributed by atoms with Gasteiger partial charge < -0.3 is 10.1 Å². The van der Waals surface area contributed by atoms with Crippen molar-refractivity contribution in [1.29, 1.82) is 0 Å². The fourth-order valence-electron chi connectivity index (χ4n) is 2.39. The highest BCUT2D eigenvalue weighted by Gasteiger charge is 2.30. The lowest BCUT2D eigenvalue weighted by molar-refractivity contribution is -0.385. The fraction of sp³-hybridized carbons (Fsp3) is 0.615. The van der Waals surface area contributed by atoms with Gasteiger partial charge in [-0.05, 0) is 19.9 Å². The molecular weight excluding hydrogens is 324 g/mol. The lowest BCUT2D eigenvalue weighted by atomic mass is 10.3. The van der Waals surface area contributed by atoms with Crippen LogP contribution in [0, 0.1) is 10.1 Å². The predicted octanol–water partition coefficient (Wildman–Crippen LogP) is 0.841. The van der Waals surface area contributed by atoms with Gasteiger partial charge in [0, 0.05) is 25.7 Å².